The second kappa shape index (κ2) is 7.16. The first-order chi connectivity index (χ1) is 9.33. The highest BCUT2D eigenvalue weighted by atomic mass is 16.5. The minimum atomic E-state index is 0.653. The summed E-state index contributed by atoms with van der Waals surface area (Å²) >= 11 is 0. The molecule has 2 rings (SSSR count). The van der Waals surface area contributed by atoms with Crippen LogP contribution in [0, 0.1) is 11.3 Å². The van der Waals surface area contributed by atoms with Crippen molar-refractivity contribution < 1.29 is 4.74 Å². The van der Waals surface area contributed by atoms with Crippen LogP contribution in [-0.4, -0.2) is 30.6 Å². The SMILES string of the molecule is CCN(CCOc1cccc(C#N)c1)C1CCCC1. The summed E-state index contributed by atoms with van der Waals surface area (Å²) in [6.07, 6.45) is 5.40. The minimum absolute atomic E-state index is 0.653. The monoisotopic (exact) mass is 258 g/mol. The zero-order valence-corrected chi connectivity index (χ0v) is 11.6. The lowest BCUT2D eigenvalue weighted by Gasteiger charge is -2.27. The van der Waals surface area contributed by atoms with E-state index in [9.17, 15) is 0 Å². The zero-order valence-electron chi connectivity index (χ0n) is 11.6. The number of rotatable bonds is 6. The number of hydrogen-bond acceptors (Lipinski definition) is 3. The van der Waals surface area contributed by atoms with Crippen molar-refractivity contribution in [2.75, 3.05) is 19.7 Å². The average Bonchev–Trinajstić information content (AvgIpc) is 2.98. The van der Waals surface area contributed by atoms with Gasteiger partial charge in [0.15, 0.2) is 0 Å². The Balaban J connectivity index is 1.79. The van der Waals surface area contributed by atoms with Gasteiger partial charge in [0, 0.05) is 12.6 Å². The lowest BCUT2D eigenvalue weighted by molar-refractivity contribution is 0.168. The zero-order chi connectivity index (χ0) is 13.5. The van der Waals surface area contributed by atoms with E-state index in [2.05, 4.69) is 17.9 Å². The summed E-state index contributed by atoms with van der Waals surface area (Å²) in [4.78, 5) is 2.52. The number of ether oxygens (including phenoxy) is 1. The Morgan fingerprint density at radius 3 is 2.84 bits per heavy atom. The number of hydrogen-bond donors (Lipinski definition) is 0. The van der Waals surface area contributed by atoms with Gasteiger partial charge in [-0.15, -0.1) is 0 Å². The molecule has 0 atom stereocenters. The lowest BCUT2D eigenvalue weighted by atomic mass is 10.2. The van der Waals surface area contributed by atoms with E-state index in [-0.39, 0.29) is 0 Å². The molecule has 3 nitrogen and oxygen atoms in total. The summed E-state index contributed by atoms with van der Waals surface area (Å²) in [6, 6.07) is 10.2. The fraction of sp³-hybridized carbons (Fsp3) is 0.562. The molecule has 1 aromatic rings. The van der Waals surface area contributed by atoms with Crippen molar-refractivity contribution in [3.63, 3.8) is 0 Å². The smallest absolute Gasteiger partial charge is 0.120 e. The molecular formula is C16H22N2O. The molecule has 0 radical (unpaired) electrons. The summed E-state index contributed by atoms with van der Waals surface area (Å²) < 4.78 is 5.75. The van der Waals surface area contributed by atoms with E-state index < -0.39 is 0 Å². The summed E-state index contributed by atoms with van der Waals surface area (Å²) in [5, 5.41) is 8.84. The van der Waals surface area contributed by atoms with Crippen LogP contribution < -0.4 is 4.74 Å². The van der Waals surface area contributed by atoms with Gasteiger partial charge in [-0.1, -0.05) is 25.8 Å². The normalized spacial score (nSPS) is 15.6. The molecule has 1 aromatic carbocycles. The van der Waals surface area contributed by atoms with Crippen LogP contribution in [0.3, 0.4) is 0 Å². The molecule has 0 amide bonds. The van der Waals surface area contributed by atoms with Gasteiger partial charge in [0.25, 0.3) is 0 Å². The molecule has 0 aliphatic heterocycles. The second-order valence-electron chi connectivity index (χ2n) is 5.05. The molecule has 0 aromatic heterocycles. The third-order valence-corrected chi connectivity index (χ3v) is 3.86. The number of nitriles is 1. The summed E-state index contributed by atoms with van der Waals surface area (Å²) in [6.45, 7) is 4.97. The van der Waals surface area contributed by atoms with Crippen LogP contribution in [0.5, 0.6) is 5.75 Å². The van der Waals surface area contributed by atoms with Crippen molar-refractivity contribution in [2.24, 2.45) is 0 Å². The third kappa shape index (κ3) is 3.97. The Morgan fingerprint density at radius 2 is 2.16 bits per heavy atom. The van der Waals surface area contributed by atoms with Gasteiger partial charge in [0.05, 0.1) is 11.6 Å². The van der Waals surface area contributed by atoms with Gasteiger partial charge >= 0.3 is 0 Å². The van der Waals surface area contributed by atoms with E-state index in [1.807, 2.05) is 12.1 Å². The Labute approximate surface area is 115 Å². The number of likely N-dealkylation sites (N-methyl/N-ethyl adjacent to an activating group) is 1. The number of nitrogens with zero attached hydrogens (tertiary/aromatic N) is 2. The summed E-state index contributed by atoms with van der Waals surface area (Å²) in [7, 11) is 0. The first-order valence-corrected chi connectivity index (χ1v) is 7.20. The Kier molecular flexibility index (Phi) is 5.23. The molecule has 19 heavy (non-hydrogen) atoms. The maximum atomic E-state index is 8.84. The van der Waals surface area contributed by atoms with Crippen molar-refractivity contribution >= 4 is 0 Å². The first kappa shape index (κ1) is 13.9. The van der Waals surface area contributed by atoms with Crippen molar-refractivity contribution in [1.82, 2.24) is 4.90 Å². The third-order valence-electron chi connectivity index (χ3n) is 3.86. The molecule has 0 N–H and O–H groups in total. The predicted molar refractivity (Wildman–Crippen MR) is 76.2 cm³/mol. The number of benzene rings is 1. The first-order valence-electron chi connectivity index (χ1n) is 7.20. The van der Waals surface area contributed by atoms with Gasteiger partial charge in [0.1, 0.15) is 12.4 Å². The molecule has 0 spiro atoms. The topological polar surface area (TPSA) is 36.3 Å². The molecule has 0 saturated heterocycles. The van der Waals surface area contributed by atoms with Crippen molar-refractivity contribution in [3.05, 3.63) is 29.8 Å². The molecule has 1 aliphatic carbocycles. The standard InChI is InChI=1S/C16H22N2O/c1-2-18(15-7-3-4-8-15)10-11-19-16-9-5-6-14(12-16)13-17/h5-6,9,12,15H,2-4,7-8,10-11H2,1H3. The van der Waals surface area contributed by atoms with Crippen LogP contribution in [0.2, 0.25) is 0 Å². The highest BCUT2D eigenvalue weighted by molar-refractivity contribution is 5.36. The lowest BCUT2D eigenvalue weighted by Crippen LogP contribution is -2.36. The largest absolute Gasteiger partial charge is 0.492 e. The Morgan fingerprint density at radius 1 is 1.37 bits per heavy atom. The van der Waals surface area contributed by atoms with E-state index in [4.69, 9.17) is 10.00 Å². The maximum Gasteiger partial charge on any atom is 0.120 e. The van der Waals surface area contributed by atoms with Crippen molar-refractivity contribution in [2.45, 2.75) is 38.6 Å². The Bertz CT molecular complexity index is 433. The fourth-order valence-electron chi connectivity index (χ4n) is 2.80. The van der Waals surface area contributed by atoms with Gasteiger partial charge < -0.3 is 4.74 Å². The molecule has 3 heteroatoms. The quantitative estimate of drug-likeness (QED) is 0.786. The van der Waals surface area contributed by atoms with Gasteiger partial charge in [-0.2, -0.15) is 5.26 Å². The highest BCUT2D eigenvalue weighted by Crippen LogP contribution is 2.23. The molecular weight excluding hydrogens is 236 g/mol. The maximum absolute atomic E-state index is 8.84. The van der Waals surface area contributed by atoms with Crippen molar-refractivity contribution in [3.8, 4) is 11.8 Å². The van der Waals surface area contributed by atoms with E-state index >= 15 is 0 Å². The van der Waals surface area contributed by atoms with Crippen LogP contribution in [0.25, 0.3) is 0 Å². The molecule has 1 aliphatic rings. The molecule has 0 unspecified atom stereocenters. The van der Waals surface area contributed by atoms with Gasteiger partial charge in [-0.3, -0.25) is 4.90 Å². The minimum Gasteiger partial charge on any atom is -0.492 e. The van der Waals surface area contributed by atoms with Crippen LogP contribution >= 0.6 is 0 Å². The molecule has 1 fully saturated rings. The van der Waals surface area contributed by atoms with E-state index in [1.54, 1.807) is 12.1 Å². The van der Waals surface area contributed by atoms with Gasteiger partial charge in [-0.25, -0.2) is 0 Å². The Hall–Kier alpha value is -1.53. The molecule has 0 heterocycles. The molecule has 0 bridgehead atoms. The van der Waals surface area contributed by atoms with E-state index in [1.165, 1.54) is 25.7 Å². The van der Waals surface area contributed by atoms with Crippen LogP contribution in [0.1, 0.15) is 38.2 Å². The van der Waals surface area contributed by atoms with Crippen LogP contribution in [-0.2, 0) is 0 Å². The summed E-state index contributed by atoms with van der Waals surface area (Å²) in [5.74, 6) is 0.793. The predicted octanol–water partition coefficient (Wildman–Crippen LogP) is 3.20. The van der Waals surface area contributed by atoms with Crippen LogP contribution in [0.4, 0.5) is 0 Å². The van der Waals surface area contributed by atoms with Gasteiger partial charge in [0.2, 0.25) is 0 Å². The van der Waals surface area contributed by atoms with Crippen LogP contribution in [0.15, 0.2) is 24.3 Å². The second-order valence-corrected chi connectivity index (χ2v) is 5.05. The van der Waals surface area contributed by atoms with E-state index in [0.717, 1.165) is 24.9 Å². The highest BCUT2D eigenvalue weighted by Gasteiger charge is 2.20. The van der Waals surface area contributed by atoms with Gasteiger partial charge in [-0.05, 0) is 37.6 Å². The summed E-state index contributed by atoms with van der Waals surface area (Å²) in [5.41, 5.74) is 0.653. The average molecular weight is 258 g/mol. The van der Waals surface area contributed by atoms with Crippen molar-refractivity contribution in [1.29, 1.82) is 5.26 Å². The molecule has 1 saturated carbocycles. The molecule has 102 valence electrons. The van der Waals surface area contributed by atoms with E-state index in [0.29, 0.717) is 12.2 Å². The fourth-order valence-corrected chi connectivity index (χ4v) is 2.80.